The zero-order valence-electron chi connectivity index (χ0n) is 11.9. The Bertz CT molecular complexity index is 644. The van der Waals surface area contributed by atoms with Crippen LogP contribution in [0.2, 0.25) is 0 Å². The number of benzene rings is 1. The maximum Gasteiger partial charge on any atom is 0.313 e. The van der Waals surface area contributed by atoms with E-state index in [2.05, 4.69) is 4.98 Å². The molecule has 2 rings (SSSR count). The van der Waals surface area contributed by atoms with E-state index in [0.29, 0.717) is 23.8 Å². The van der Waals surface area contributed by atoms with E-state index in [9.17, 15) is 9.18 Å². The number of halogens is 1. The van der Waals surface area contributed by atoms with Crippen LogP contribution in [0.15, 0.2) is 23.4 Å². The Balaban J connectivity index is 2.36. The van der Waals surface area contributed by atoms with Crippen molar-refractivity contribution in [1.29, 1.82) is 0 Å². The number of hydrogen-bond acceptors (Lipinski definition) is 4. The second-order valence-corrected chi connectivity index (χ2v) is 5.53. The zero-order chi connectivity index (χ0) is 15.4. The van der Waals surface area contributed by atoms with Crippen LogP contribution in [0, 0.1) is 5.82 Å². The van der Waals surface area contributed by atoms with Crippen LogP contribution in [-0.2, 0) is 16.1 Å². The average Bonchev–Trinajstić information content (AvgIpc) is 2.74. The Labute approximate surface area is 126 Å². The van der Waals surface area contributed by atoms with E-state index in [-0.39, 0.29) is 17.7 Å². The molecule has 0 radical (unpaired) electrons. The summed E-state index contributed by atoms with van der Waals surface area (Å²) in [5, 5.41) is 9.37. The number of rotatable bonds is 7. The van der Waals surface area contributed by atoms with Gasteiger partial charge in [-0.25, -0.2) is 9.37 Å². The van der Waals surface area contributed by atoms with E-state index in [1.165, 1.54) is 12.1 Å². The lowest BCUT2D eigenvalue weighted by Crippen LogP contribution is -2.17. The first-order valence-electron chi connectivity index (χ1n) is 6.63. The van der Waals surface area contributed by atoms with Crippen molar-refractivity contribution in [3.05, 3.63) is 24.0 Å². The van der Waals surface area contributed by atoms with Gasteiger partial charge >= 0.3 is 5.97 Å². The van der Waals surface area contributed by atoms with E-state index in [1.54, 1.807) is 6.07 Å². The van der Waals surface area contributed by atoms with Gasteiger partial charge in [-0.2, -0.15) is 0 Å². The third kappa shape index (κ3) is 3.95. The first kappa shape index (κ1) is 15.8. The van der Waals surface area contributed by atoms with Gasteiger partial charge in [0.1, 0.15) is 5.82 Å². The highest BCUT2D eigenvalue weighted by atomic mass is 32.2. The number of fused-ring (bicyclic) bond motifs is 1. The summed E-state index contributed by atoms with van der Waals surface area (Å²) < 4.78 is 20.7. The van der Waals surface area contributed by atoms with Gasteiger partial charge in [-0.3, -0.25) is 4.79 Å². The van der Waals surface area contributed by atoms with Crippen LogP contribution in [0.25, 0.3) is 11.0 Å². The number of thioether (sulfide) groups is 1. The standard InChI is InChI=1S/C14H17FN2O3S/c1-3-20-9(2)7-17-12-5-4-10(15)6-11(12)16-14(17)21-8-13(18)19/h4-6,9H,3,7-8H2,1-2H3,(H,18,19). The SMILES string of the molecule is CCOC(C)Cn1c(SCC(=O)O)nc2cc(F)ccc21. The van der Waals surface area contributed by atoms with Gasteiger partial charge in [0.15, 0.2) is 5.16 Å². The summed E-state index contributed by atoms with van der Waals surface area (Å²) in [6.45, 7) is 4.99. The molecular weight excluding hydrogens is 295 g/mol. The fourth-order valence-corrected chi connectivity index (χ4v) is 2.83. The predicted octanol–water partition coefficient (Wildman–Crippen LogP) is 2.78. The van der Waals surface area contributed by atoms with Crippen LogP contribution in [0.1, 0.15) is 13.8 Å². The van der Waals surface area contributed by atoms with Gasteiger partial charge in [-0.15, -0.1) is 0 Å². The molecule has 1 atom stereocenters. The quantitative estimate of drug-likeness (QED) is 0.796. The Morgan fingerprint density at radius 3 is 3.00 bits per heavy atom. The third-order valence-corrected chi connectivity index (χ3v) is 3.85. The molecule has 1 unspecified atom stereocenters. The molecule has 1 N–H and O–H groups in total. The van der Waals surface area contributed by atoms with E-state index >= 15 is 0 Å². The lowest BCUT2D eigenvalue weighted by Gasteiger charge is -2.15. The highest BCUT2D eigenvalue weighted by Gasteiger charge is 2.15. The lowest BCUT2D eigenvalue weighted by atomic mass is 10.3. The summed E-state index contributed by atoms with van der Waals surface area (Å²) in [5.41, 5.74) is 1.29. The molecule has 0 amide bonds. The normalized spacial score (nSPS) is 12.7. The summed E-state index contributed by atoms with van der Waals surface area (Å²) in [6, 6.07) is 4.38. The molecule has 0 spiro atoms. The second-order valence-electron chi connectivity index (χ2n) is 4.59. The van der Waals surface area contributed by atoms with E-state index < -0.39 is 5.97 Å². The molecule has 0 aliphatic heterocycles. The summed E-state index contributed by atoms with van der Waals surface area (Å²) >= 11 is 1.12. The Morgan fingerprint density at radius 2 is 2.33 bits per heavy atom. The van der Waals surface area contributed by atoms with Crippen LogP contribution in [0.4, 0.5) is 4.39 Å². The maximum atomic E-state index is 13.3. The molecule has 0 fully saturated rings. The second kappa shape index (κ2) is 6.91. The van der Waals surface area contributed by atoms with Crippen LogP contribution in [0.5, 0.6) is 0 Å². The Morgan fingerprint density at radius 1 is 1.57 bits per heavy atom. The number of carbonyl (C=O) groups is 1. The van der Waals surface area contributed by atoms with Gasteiger partial charge in [0.2, 0.25) is 0 Å². The molecular formula is C14H17FN2O3S. The summed E-state index contributed by atoms with van der Waals surface area (Å²) in [7, 11) is 0. The molecule has 21 heavy (non-hydrogen) atoms. The van der Waals surface area contributed by atoms with Gasteiger partial charge < -0.3 is 14.4 Å². The minimum absolute atomic E-state index is 0.0402. The molecule has 5 nitrogen and oxygen atoms in total. The minimum Gasteiger partial charge on any atom is -0.481 e. The van der Waals surface area contributed by atoms with Crippen molar-refractivity contribution >= 4 is 28.8 Å². The number of imidazole rings is 1. The highest BCUT2D eigenvalue weighted by Crippen LogP contribution is 2.25. The van der Waals surface area contributed by atoms with Gasteiger partial charge in [-0.1, -0.05) is 11.8 Å². The lowest BCUT2D eigenvalue weighted by molar-refractivity contribution is -0.133. The monoisotopic (exact) mass is 312 g/mol. The number of ether oxygens (including phenoxy) is 1. The Hall–Kier alpha value is -1.60. The van der Waals surface area contributed by atoms with Crippen molar-refractivity contribution in [3.8, 4) is 0 Å². The molecule has 7 heteroatoms. The van der Waals surface area contributed by atoms with Crippen LogP contribution < -0.4 is 0 Å². The minimum atomic E-state index is -0.914. The van der Waals surface area contributed by atoms with Gasteiger partial charge in [0.25, 0.3) is 0 Å². The van der Waals surface area contributed by atoms with Crippen molar-refractivity contribution in [2.75, 3.05) is 12.4 Å². The maximum absolute atomic E-state index is 13.3. The number of carboxylic acid groups (broad SMARTS) is 1. The first-order chi connectivity index (χ1) is 10.0. The fraction of sp³-hybridized carbons (Fsp3) is 0.429. The van der Waals surface area contributed by atoms with Crippen LogP contribution in [-0.4, -0.2) is 39.1 Å². The van der Waals surface area contributed by atoms with Crippen LogP contribution in [0.3, 0.4) is 0 Å². The topological polar surface area (TPSA) is 64.3 Å². The van der Waals surface area contributed by atoms with Gasteiger partial charge in [-0.05, 0) is 26.0 Å². The van der Waals surface area contributed by atoms with Crippen molar-refractivity contribution < 1.29 is 19.0 Å². The van der Waals surface area contributed by atoms with E-state index in [0.717, 1.165) is 17.3 Å². The predicted molar refractivity (Wildman–Crippen MR) is 79.1 cm³/mol. The fourth-order valence-electron chi connectivity index (χ4n) is 2.09. The van der Waals surface area contributed by atoms with Crippen molar-refractivity contribution in [2.24, 2.45) is 0 Å². The molecule has 0 bridgehead atoms. The summed E-state index contributed by atoms with van der Waals surface area (Å²) in [5.74, 6) is -1.36. The van der Waals surface area contributed by atoms with E-state index in [4.69, 9.17) is 9.84 Å². The molecule has 1 aromatic heterocycles. The molecule has 0 aliphatic rings. The number of aromatic nitrogens is 2. The van der Waals surface area contributed by atoms with Crippen molar-refractivity contribution in [2.45, 2.75) is 31.7 Å². The smallest absolute Gasteiger partial charge is 0.313 e. The molecule has 0 saturated heterocycles. The number of hydrogen-bond donors (Lipinski definition) is 1. The van der Waals surface area contributed by atoms with Gasteiger partial charge in [0.05, 0.1) is 29.4 Å². The molecule has 2 aromatic rings. The largest absolute Gasteiger partial charge is 0.481 e. The van der Waals surface area contributed by atoms with Gasteiger partial charge in [0, 0.05) is 12.7 Å². The summed E-state index contributed by atoms with van der Waals surface area (Å²) in [6.07, 6.45) is -0.0402. The third-order valence-electron chi connectivity index (χ3n) is 2.89. The van der Waals surface area contributed by atoms with Crippen LogP contribution >= 0.6 is 11.8 Å². The molecule has 1 heterocycles. The average molecular weight is 312 g/mol. The van der Waals surface area contributed by atoms with Crippen molar-refractivity contribution in [3.63, 3.8) is 0 Å². The van der Waals surface area contributed by atoms with Crippen molar-refractivity contribution in [1.82, 2.24) is 9.55 Å². The highest BCUT2D eigenvalue weighted by molar-refractivity contribution is 7.99. The molecule has 0 aliphatic carbocycles. The molecule has 1 aromatic carbocycles. The van der Waals surface area contributed by atoms with E-state index in [1.807, 2.05) is 18.4 Å². The number of aliphatic carboxylic acids is 1. The first-order valence-corrected chi connectivity index (χ1v) is 7.61. The zero-order valence-corrected chi connectivity index (χ0v) is 12.7. The Kier molecular flexibility index (Phi) is 5.19. The molecule has 114 valence electrons. The molecule has 0 saturated carbocycles. The number of nitrogens with zero attached hydrogens (tertiary/aromatic N) is 2. The number of carboxylic acids is 1. The summed E-state index contributed by atoms with van der Waals surface area (Å²) in [4.78, 5) is 15.1.